The van der Waals surface area contributed by atoms with Crippen molar-refractivity contribution in [2.75, 3.05) is 17.2 Å². The third-order valence-corrected chi connectivity index (χ3v) is 3.51. The molecule has 0 aliphatic rings. The molecule has 0 heterocycles. The van der Waals surface area contributed by atoms with Crippen LogP contribution in [0.3, 0.4) is 0 Å². The summed E-state index contributed by atoms with van der Waals surface area (Å²) in [5.41, 5.74) is 3.85. The minimum atomic E-state index is -4.79. The fourth-order valence-corrected chi connectivity index (χ4v) is 2.40. The van der Waals surface area contributed by atoms with Crippen LogP contribution in [-0.4, -0.2) is 12.7 Å². The van der Waals surface area contributed by atoms with E-state index in [1.54, 1.807) is 0 Å². The minimum Gasteiger partial charge on any atom is -0.398 e. The third-order valence-electron chi connectivity index (χ3n) is 3.51. The number of nitrogens with two attached hydrogens (primary N) is 1. The molecule has 0 radical (unpaired) electrons. The van der Waals surface area contributed by atoms with Crippen LogP contribution in [0, 0.1) is 11.3 Å². The maximum Gasteiger partial charge on any atom is 0.418 e. The van der Waals surface area contributed by atoms with Crippen LogP contribution in [0.25, 0.3) is 0 Å². The molecule has 0 aromatic heterocycles. The van der Waals surface area contributed by atoms with E-state index in [4.69, 9.17) is 11.0 Å². The Bertz CT molecular complexity index is 820. The second kappa shape index (κ2) is 7.15. The molecular weight excluding hydrogens is 360 g/mol. The molecule has 26 heavy (non-hydrogen) atoms. The van der Waals surface area contributed by atoms with Gasteiger partial charge in [0, 0.05) is 17.9 Å². The highest BCUT2D eigenvalue weighted by Crippen LogP contribution is 2.36. The average molecular weight is 373 g/mol. The molecule has 9 heteroatoms. The fourth-order valence-electron chi connectivity index (χ4n) is 2.40. The summed E-state index contributed by atoms with van der Waals surface area (Å²) in [7, 11) is 0. The van der Waals surface area contributed by atoms with E-state index in [9.17, 15) is 26.3 Å². The molecule has 2 N–H and O–H groups in total. The smallest absolute Gasteiger partial charge is 0.398 e. The molecule has 0 aliphatic carbocycles. The number of halogens is 6. The van der Waals surface area contributed by atoms with Gasteiger partial charge < -0.3 is 10.6 Å². The Morgan fingerprint density at radius 2 is 1.69 bits per heavy atom. The first kappa shape index (κ1) is 19.4. The van der Waals surface area contributed by atoms with Crippen molar-refractivity contribution in [3.8, 4) is 6.07 Å². The SMILES string of the molecule is N#Cc1cccc(CN(CC(F)(F)F)c2ccc(N)c(C(F)(F)F)c2)c1. The molecular formula is C17H13F6N3. The summed E-state index contributed by atoms with van der Waals surface area (Å²) in [4.78, 5) is 0.755. The van der Waals surface area contributed by atoms with Gasteiger partial charge in [-0.25, -0.2) is 0 Å². The van der Waals surface area contributed by atoms with Crippen molar-refractivity contribution in [1.29, 1.82) is 5.26 Å². The second-order valence-electron chi connectivity index (χ2n) is 5.55. The van der Waals surface area contributed by atoms with E-state index in [1.165, 1.54) is 24.3 Å². The molecule has 0 amide bonds. The Labute approximate surface area is 145 Å². The average Bonchev–Trinajstić information content (AvgIpc) is 2.52. The number of nitrogens with zero attached hydrogens (tertiary/aromatic N) is 2. The zero-order valence-corrected chi connectivity index (χ0v) is 13.2. The molecule has 2 aromatic carbocycles. The van der Waals surface area contributed by atoms with E-state index in [-0.39, 0.29) is 17.8 Å². The third kappa shape index (κ3) is 5.05. The quantitative estimate of drug-likeness (QED) is 0.623. The summed E-state index contributed by atoms with van der Waals surface area (Å²) >= 11 is 0. The lowest BCUT2D eigenvalue weighted by atomic mass is 10.1. The largest absolute Gasteiger partial charge is 0.418 e. The summed E-state index contributed by atoms with van der Waals surface area (Å²) in [6.45, 7) is -1.78. The van der Waals surface area contributed by atoms with Crippen molar-refractivity contribution in [3.05, 3.63) is 59.2 Å². The number of rotatable bonds is 4. The van der Waals surface area contributed by atoms with Gasteiger partial charge in [0.1, 0.15) is 6.54 Å². The van der Waals surface area contributed by atoms with Crippen LogP contribution in [0.2, 0.25) is 0 Å². The highest BCUT2D eigenvalue weighted by molar-refractivity contribution is 5.60. The molecule has 138 valence electrons. The van der Waals surface area contributed by atoms with Crippen LogP contribution < -0.4 is 10.6 Å². The molecule has 0 atom stereocenters. The first-order chi connectivity index (χ1) is 12.0. The van der Waals surface area contributed by atoms with Gasteiger partial charge in [-0.2, -0.15) is 31.6 Å². The minimum absolute atomic E-state index is 0.239. The van der Waals surface area contributed by atoms with Crippen LogP contribution >= 0.6 is 0 Å². The zero-order valence-electron chi connectivity index (χ0n) is 13.2. The number of anilines is 2. The summed E-state index contributed by atoms with van der Waals surface area (Å²) in [6, 6.07) is 10.3. The number of nitrogen functional groups attached to an aromatic ring is 1. The summed E-state index contributed by atoms with van der Waals surface area (Å²) in [5.74, 6) is 0. The number of hydrogen-bond donors (Lipinski definition) is 1. The monoisotopic (exact) mass is 373 g/mol. The van der Waals surface area contributed by atoms with Crippen molar-refractivity contribution < 1.29 is 26.3 Å². The number of benzene rings is 2. The van der Waals surface area contributed by atoms with Gasteiger partial charge in [0.15, 0.2) is 0 Å². The maximum absolute atomic E-state index is 13.0. The first-order valence-electron chi connectivity index (χ1n) is 7.27. The normalized spacial score (nSPS) is 11.9. The standard InChI is InChI=1S/C17H13F6N3/c18-16(19,20)10-26(9-12-3-1-2-11(6-12)8-24)13-4-5-15(25)14(7-13)17(21,22)23/h1-7H,9-10,25H2. The molecule has 0 bridgehead atoms. The van der Waals surface area contributed by atoms with Crippen molar-refractivity contribution >= 4 is 11.4 Å². The van der Waals surface area contributed by atoms with Gasteiger partial charge in [-0.15, -0.1) is 0 Å². The molecule has 2 rings (SSSR count). The Morgan fingerprint density at radius 1 is 1.00 bits per heavy atom. The molecule has 0 aliphatic heterocycles. The number of hydrogen-bond acceptors (Lipinski definition) is 3. The van der Waals surface area contributed by atoms with Crippen molar-refractivity contribution in [2.45, 2.75) is 18.9 Å². The van der Waals surface area contributed by atoms with Gasteiger partial charge in [0.2, 0.25) is 0 Å². The molecule has 0 fully saturated rings. The van der Waals surface area contributed by atoms with Crippen LogP contribution in [0.4, 0.5) is 37.7 Å². The number of alkyl halides is 6. The van der Waals surface area contributed by atoms with E-state index in [2.05, 4.69) is 0 Å². The zero-order chi connectivity index (χ0) is 19.5. The van der Waals surface area contributed by atoms with Crippen LogP contribution in [0.15, 0.2) is 42.5 Å². The lowest BCUT2D eigenvalue weighted by molar-refractivity contribution is -0.136. The Hall–Kier alpha value is -2.89. The molecule has 0 saturated heterocycles. The molecule has 0 spiro atoms. The van der Waals surface area contributed by atoms with Gasteiger partial charge in [0.25, 0.3) is 0 Å². The van der Waals surface area contributed by atoms with Crippen molar-refractivity contribution in [3.63, 3.8) is 0 Å². The predicted molar refractivity (Wildman–Crippen MR) is 84.1 cm³/mol. The lowest BCUT2D eigenvalue weighted by Gasteiger charge is -2.27. The van der Waals surface area contributed by atoms with Crippen molar-refractivity contribution in [2.24, 2.45) is 0 Å². The van der Waals surface area contributed by atoms with Gasteiger partial charge in [-0.3, -0.25) is 0 Å². The van der Waals surface area contributed by atoms with Crippen LogP contribution in [0.5, 0.6) is 0 Å². The molecule has 0 saturated carbocycles. The molecule has 3 nitrogen and oxygen atoms in total. The summed E-state index contributed by atoms with van der Waals surface area (Å²) < 4.78 is 77.7. The number of nitriles is 1. The Balaban J connectivity index is 2.43. The van der Waals surface area contributed by atoms with E-state index >= 15 is 0 Å². The van der Waals surface area contributed by atoms with E-state index in [0.717, 1.165) is 17.0 Å². The summed E-state index contributed by atoms with van der Waals surface area (Å²) in [6.07, 6.45) is -9.42. The summed E-state index contributed by atoms with van der Waals surface area (Å²) in [5, 5.41) is 8.87. The fraction of sp³-hybridized carbons (Fsp3) is 0.235. The van der Waals surface area contributed by atoms with Crippen LogP contribution in [0.1, 0.15) is 16.7 Å². The molecule has 0 unspecified atom stereocenters. The van der Waals surface area contributed by atoms with E-state index in [0.29, 0.717) is 11.6 Å². The second-order valence-corrected chi connectivity index (χ2v) is 5.55. The molecule has 2 aromatic rings. The Morgan fingerprint density at radius 3 is 2.27 bits per heavy atom. The predicted octanol–water partition coefficient (Wildman–Crippen LogP) is 4.73. The van der Waals surface area contributed by atoms with Gasteiger partial charge in [-0.1, -0.05) is 12.1 Å². The Kier molecular flexibility index (Phi) is 5.35. The van der Waals surface area contributed by atoms with E-state index in [1.807, 2.05) is 6.07 Å². The first-order valence-corrected chi connectivity index (χ1v) is 7.27. The lowest BCUT2D eigenvalue weighted by Crippen LogP contribution is -2.34. The van der Waals surface area contributed by atoms with E-state index < -0.39 is 30.1 Å². The highest BCUT2D eigenvalue weighted by Gasteiger charge is 2.35. The highest BCUT2D eigenvalue weighted by atomic mass is 19.4. The maximum atomic E-state index is 13.0. The topological polar surface area (TPSA) is 53.0 Å². The van der Waals surface area contributed by atoms with Gasteiger partial charge in [0.05, 0.1) is 17.2 Å². The van der Waals surface area contributed by atoms with Crippen LogP contribution in [-0.2, 0) is 12.7 Å². The van der Waals surface area contributed by atoms with Gasteiger partial charge >= 0.3 is 12.4 Å². The van der Waals surface area contributed by atoms with Gasteiger partial charge in [-0.05, 0) is 35.9 Å². The van der Waals surface area contributed by atoms with Crippen molar-refractivity contribution in [1.82, 2.24) is 0 Å².